The minimum absolute atomic E-state index is 0.0176. The van der Waals surface area contributed by atoms with Crippen LogP contribution in [0.4, 0.5) is 0 Å². The molecule has 0 bridgehead atoms. The van der Waals surface area contributed by atoms with Crippen LogP contribution in [0.3, 0.4) is 0 Å². The lowest BCUT2D eigenvalue weighted by atomic mass is 10.1. The molecule has 1 unspecified atom stereocenters. The van der Waals surface area contributed by atoms with Gasteiger partial charge < -0.3 is 15.0 Å². The summed E-state index contributed by atoms with van der Waals surface area (Å²) in [5.74, 6) is 0.823. The summed E-state index contributed by atoms with van der Waals surface area (Å²) in [4.78, 5) is 28.7. The molecule has 0 aliphatic rings. The number of methoxy groups -OCH3 is 1. The molecule has 2 rings (SSSR count). The largest absolute Gasteiger partial charge is 0.497 e. The summed E-state index contributed by atoms with van der Waals surface area (Å²) in [6.07, 6.45) is 0.546. The summed E-state index contributed by atoms with van der Waals surface area (Å²) < 4.78 is 5.30. The second-order valence-electron chi connectivity index (χ2n) is 7.06. The number of rotatable bonds is 10. The van der Waals surface area contributed by atoms with E-state index in [1.54, 1.807) is 12.0 Å². The number of nitrogens with zero attached hydrogens (tertiary/aromatic N) is 1. The highest BCUT2D eigenvalue weighted by Crippen LogP contribution is 2.21. The van der Waals surface area contributed by atoms with E-state index in [-0.39, 0.29) is 23.6 Å². The second-order valence-corrected chi connectivity index (χ2v) is 8.11. The zero-order valence-electron chi connectivity index (χ0n) is 17.6. The molecule has 2 amide bonds. The van der Waals surface area contributed by atoms with Gasteiger partial charge in [-0.25, -0.2) is 0 Å². The molecule has 0 saturated carbocycles. The lowest BCUT2D eigenvalue weighted by Crippen LogP contribution is -2.50. The first-order valence-electron chi connectivity index (χ1n) is 9.85. The van der Waals surface area contributed by atoms with E-state index in [1.165, 1.54) is 11.8 Å². The number of thioether (sulfide) groups is 1. The van der Waals surface area contributed by atoms with Crippen LogP contribution in [0.25, 0.3) is 0 Å². The van der Waals surface area contributed by atoms with Crippen molar-refractivity contribution in [2.75, 3.05) is 12.9 Å². The molecule has 2 aromatic rings. The maximum atomic E-state index is 13.2. The van der Waals surface area contributed by atoms with Crippen LogP contribution in [0.15, 0.2) is 59.5 Å². The lowest BCUT2D eigenvalue weighted by Gasteiger charge is -2.31. The molecule has 1 N–H and O–H groups in total. The van der Waals surface area contributed by atoms with E-state index in [1.807, 2.05) is 75.4 Å². The molecule has 0 aliphatic heterocycles. The molecular weight excluding hydrogens is 384 g/mol. The zero-order chi connectivity index (χ0) is 21.2. The van der Waals surface area contributed by atoms with Crippen molar-refractivity contribution in [2.24, 2.45) is 0 Å². The third-order valence-electron chi connectivity index (χ3n) is 4.41. The van der Waals surface area contributed by atoms with Crippen LogP contribution in [0.2, 0.25) is 0 Å². The number of amides is 2. The normalized spacial score (nSPS) is 11.8. The van der Waals surface area contributed by atoms with E-state index in [0.717, 1.165) is 16.2 Å². The van der Waals surface area contributed by atoms with Gasteiger partial charge in [0, 0.05) is 17.5 Å². The van der Waals surface area contributed by atoms with Crippen LogP contribution in [0.1, 0.15) is 32.8 Å². The Labute approximate surface area is 177 Å². The number of nitrogens with one attached hydrogen (secondary N) is 1. The van der Waals surface area contributed by atoms with E-state index < -0.39 is 6.04 Å². The predicted molar refractivity (Wildman–Crippen MR) is 118 cm³/mol. The van der Waals surface area contributed by atoms with Crippen LogP contribution >= 0.6 is 11.8 Å². The highest BCUT2D eigenvalue weighted by Gasteiger charge is 2.29. The maximum absolute atomic E-state index is 13.2. The third-order valence-corrected chi connectivity index (χ3v) is 5.41. The average Bonchev–Trinajstić information content (AvgIpc) is 2.72. The predicted octanol–water partition coefficient (Wildman–Crippen LogP) is 4.12. The van der Waals surface area contributed by atoms with Gasteiger partial charge in [-0.2, -0.15) is 0 Å². The molecule has 29 heavy (non-hydrogen) atoms. The number of hydrogen-bond donors (Lipinski definition) is 1. The van der Waals surface area contributed by atoms with Gasteiger partial charge in [0.2, 0.25) is 11.8 Å². The summed E-state index contributed by atoms with van der Waals surface area (Å²) in [5.41, 5.74) is 0.929. The number of ether oxygens (including phenoxy) is 1. The van der Waals surface area contributed by atoms with Gasteiger partial charge in [0.05, 0.1) is 12.9 Å². The van der Waals surface area contributed by atoms with Gasteiger partial charge in [-0.05, 0) is 50.1 Å². The summed E-state index contributed by atoms with van der Waals surface area (Å²) in [6, 6.07) is 16.9. The van der Waals surface area contributed by atoms with Crippen molar-refractivity contribution in [2.45, 2.75) is 50.7 Å². The molecule has 0 fully saturated rings. The standard InChI is InChI=1S/C23H30N2O3S/c1-5-21(23(27)24-17(2)3)25(15-18-10-9-11-19(14-18)28-4)22(26)16-29-20-12-7-6-8-13-20/h6-14,17,21H,5,15-16H2,1-4H3,(H,24,27). The third kappa shape index (κ3) is 7.13. The Morgan fingerprint density at radius 1 is 1.10 bits per heavy atom. The van der Waals surface area contributed by atoms with E-state index in [2.05, 4.69) is 5.32 Å². The molecule has 1 atom stereocenters. The smallest absolute Gasteiger partial charge is 0.243 e. The molecule has 6 heteroatoms. The van der Waals surface area contributed by atoms with Crippen LogP contribution < -0.4 is 10.1 Å². The monoisotopic (exact) mass is 414 g/mol. The second kappa shape index (κ2) is 11.5. The van der Waals surface area contributed by atoms with Gasteiger partial charge in [0.1, 0.15) is 11.8 Å². The summed E-state index contributed by atoms with van der Waals surface area (Å²) in [5, 5.41) is 2.95. The molecule has 0 heterocycles. The van der Waals surface area contributed by atoms with Gasteiger partial charge in [0.15, 0.2) is 0 Å². The van der Waals surface area contributed by atoms with Gasteiger partial charge >= 0.3 is 0 Å². The van der Waals surface area contributed by atoms with E-state index in [0.29, 0.717) is 13.0 Å². The quantitative estimate of drug-likeness (QED) is 0.594. The summed E-state index contributed by atoms with van der Waals surface area (Å²) in [6.45, 7) is 6.13. The molecule has 0 spiro atoms. The Morgan fingerprint density at radius 2 is 1.83 bits per heavy atom. The first-order valence-corrected chi connectivity index (χ1v) is 10.8. The Hall–Kier alpha value is -2.47. The van der Waals surface area contributed by atoms with Crippen molar-refractivity contribution in [1.82, 2.24) is 10.2 Å². The van der Waals surface area contributed by atoms with Crippen molar-refractivity contribution < 1.29 is 14.3 Å². The van der Waals surface area contributed by atoms with Crippen LogP contribution in [0, 0.1) is 0 Å². The van der Waals surface area contributed by atoms with Crippen molar-refractivity contribution in [3.05, 3.63) is 60.2 Å². The van der Waals surface area contributed by atoms with Gasteiger partial charge in [0.25, 0.3) is 0 Å². The van der Waals surface area contributed by atoms with E-state index >= 15 is 0 Å². The van der Waals surface area contributed by atoms with Gasteiger partial charge in [-0.15, -0.1) is 11.8 Å². The first kappa shape index (κ1) is 22.8. The fourth-order valence-electron chi connectivity index (χ4n) is 3.01. The molecule has 156 valence electrons. The van der Waals surface area contributed by atoms with Crippen molar-refractivity contribution in [3.8, 4) is 5.75 Å². The van der Waals surface area contributed by atoms with Crippen molar-refractivity contribution >= 4 is 23.6 Å². The number of carbonyl (C=O) groups excluding carboxylic acids is 2. The molecule has 0 saturated heterocycles. The first-order chi connectivity index (χ1) is 13.9. The van der Waals surface area contributed by atoms with E-state index in [9.17, 15) is 9.59 Å². The minimum atomic E-state index is -0.521. The fraction of sp³-hybridized carbons (Fsp3) is 0.391. The fourth-order valence-corrected chi connectivity index (χ4v) is 3.82. The minimum Gasteiger partial charge on any atom is -0.497 e. The summed E-state index contributed by atoms with van der Waals surface area (Å²) >= 11 is 1.48. The zero-order valence-corrected chi connectivity index (χ0v) is 18.4. The SMILES string of the molecule is CCC(C(=O)NC(C)C)N(Cc1cccc(OC)c1)C(=O)CSc1ccccc1. The van der Waals surface area contributed by atoms with Crippen LogP contribution in [0.5, 0.6) is 5.75 Å². The molecular formula is C23H30N2O3S. The molecule has 0 radical (unpaired) electrons. The Bertz CT molecular complexity index is 796. The molecule has 0 aliphatic carbocycles. The molecule has 0 aromatic heterocycles. The number of benzene rings is 2. The van der Waals surface area contributed by atoms with Crippen molar-refractivity contribution in [1.29, 1.82) is 0 Å². The molecule has 2 aromatic carbocycles. The Balaban J connectivity index is 2.22. The topological polar surface area (TPSA) is 58.6 Å². The Kier molecular flexibility index (Phi) is 9.06. The average molecular weight is 415 g/mol. The van der Waals surface area contributed by atoms with Crippen molar-refractivity contribution in [3.63, 3.8) is 0 Å². The van der Waals surface area contributed by atoms with Crippen LogP contribution in [-0.4, -0.2) is 41.7 Å². The Morgan fingerprint density at radius 3 is 2.45 bits per heavy atom. The highest BCUT2D eigenvalue weighted by atomic mass is 32.2. The number of carbonyl (C=O) groups is 2. The summed E-state index contributed by atoms with van der Waals surface area (Å²) in [7, 11) is 1.61. The lowest BCUT2D eigenvalue weighted by molar-refractivity contribution is -0.139. The number of hydrogen-bond acceptors (Lipinski definition) is 4. The maximum Gasteiger partial charge on any atom is 0.243 e. The van der Waals surface area contributed by atoms with Gasteiger partial charge in [-0.3, -0.25) is 9.59 Å². The van der Waals surface area contributed by atoms with Gasteiger partial charge in [-0.1, -0.05) is 37.3 Å². The van der Waals surface area contributed by atoms with E-state index in [4.69, 9.17) is 4.74 Å². The molecule has 5 nitrogen and oxygen atoms in total. The van der Waals surface area contributed by atoms with Crippen LogP contribution in [-0.2, 0) is 16.1 Å². The highest BCUT2D eigenvalue weighted by molar-refractivity contribution is 8.00.